The van der Waals surface area contributed by atoms with E-state index in [9.17, 15) is 19.8 Å². The SMILES string of the molecule is CCCCCCCC/C=C\C/C=C/C(CC(=O)NC(CO)C(O)CCCCCCCCCCCCCCCCCCC)OC(=O)CCCCCCC/C=C/CCCCCCCCC. The lowest BCUT2D eigenvalue weighted by atomic mass is 10.0. The normalized spacial score (nSPS) is 13.4. The van der Waals surface area contributed by atoms with Gasteiger partial charge in [-0.1, -0.05) is 250 Å². The van der Waals surface area contributed by atoms with Crippen molar-refractivity contribution in [2.75, 3.05) is 6.61 Å². The third-order valence-corrected chi connectivity index (χ3v) is 12.7. The van der Waals surface area contributed by atoms with E-state index in [2.05, 4.69) is 50.4 Å². The summed E-state index contributed by atoms with van der Waals surface area (Å²) in [5.41, 5.74) is 0. The van der Waals surface area contributed by atoms with Gasteiger partial charge in [-0.15, -0.1) is 0 Å². The van der Waals surface area contributed by atoms with Crippen molar-refractivity contribution >= 4 is 11.9 Å². The highest BCUT2D eigenvalue weighted by molar-refractivity contribution is 5.78. The van der Waals surface area contributed by atoms with E-state index in [4.69, 9.17) is 4.74 Å². The molecule has 1 amide bonds. The van der Waals surface area contributed by atoms with E-state index >= 15 is 0 Å². The second kappa shape index (κ2) is 51.1. The molecule has 6 heteroatoms. The van der Waals surface area contributed by atoms with Crippen molar-refractivity contribution in [2.45, 2.75) is 309 Å². The highest BCUT2D eigenvalue weighted by Crippen LogP contribution is 2.17. The number of nitrogens with one attached hydrogen (secondary N) is 1. The number of esters is 1. The molecule has 3 atom stereocenters. The molecule has 0 radical (unpaired) electrons. The Morgan fingerprint density at radius 3 is 1.25 bits per heavy atom. The average Bonchev–Trinajstić information content (AvgIpc) is 3.28. The highest BCUT2D eigenvalue weighted by Gasteiger charge is 2.23. The Balaban J connectivity index is 4.52. The first-order valence-electron chi connectivity index (χ1n) is 27.7. The molecule has 0 bridgehead atoms. The summed E-state index contributed by atoms with van der Waals surface area (Å²) in [7, 11) is 0. The largest absolute Gasteiger partial charge is 0.458 e. The van der Waals surface area contributed by atoms with Crippen LogP contribution in [0.1, 0.15) is 290 Å². The Labute approximate surface area is 392 Å². The van der Waals surface area contributed by atoms with Crippen LogP contribution in [-0.2, 0) is 14.3 Å². The number of ether oxygens (including phenoxy) is 1. The molecular formula is C57H107NO5. The van der Waals surface area contributed by atoms with Gasteiger partial charge in [0.25, 0.3) is 0 Å². The monoisotopic (exact) mass is 886 g/mol. The first kappa shape index (κ1) is 61.1. The fourth-order valence-electron chi connectivity index (χ4n) is 8.45. The zero-order chi connectivity index (χ0) is 45.9. The maximum absolute atomic E-state index is 13.2. The minimum atomic E-state index is -0.811. The van der Waals surface area contributed by atoms with E-state index in [0.29, 0.717) is 12.8 Å². The van der Waals surface area contributed by atoms with Crippen LogP contribution in [0.3, 0.4) is 0 Å². The van der Waals surface area contributed by atoms with Gasteiger partial charge in [-0.05, 0) is 63.9 Å². The third kappa shape index (κ3) is 46.4. The quantitative estimate of drug-likeness (QED) is 0.0321. The van der Waals surface area contributed by atoms with Crippen LogP contribution in [0.5, 0.6) is 0 Å². The van der Waals surface area contributed by atoms with Gasteiger partial charge in [0.2, 0.25) is 5.91 Å². The first-order chi connectivity index (χ1) is 31.0. The van der Waals surface area contributed by atoms with Gasteiger partial charge >= 0.3 is 5.97 Å². The predicted molar refractivity (Wildman–Crippen MR) is 273 cm³/mol. The van der Waals surface area contributed by atoms with Crippen LogP contribution in [0.15, 0.2) is 36.5 Å². The number of amides is 1. The standard InChI is InChI=1S/C57H107NO5/c1-4-7-10-13-16-19-22-24-26-28-29-31-34-37-40-43-46-49-55(60)54(52-59)58-56(61)51-53(48-45-42-39-36-33-21-18-15-12-9-6-3)63-57(62)50-47-44-41-38-35-32-30-27-25-23-20-17-14-11-8-5-2/h27,30,36,39,45,48,53-55,59-60H,4-26,28-29,31-35,37-38,40-44,46-47,49-52H2,1-3H3,(H,58,61)/b30-27+,39-36-,48-45+. The summed E-state index contributed by atoms with van der Waals surface area (Å²) in [4.78, 5) is 26.1. The molecule has 0 aliphatic rings. The van der Waals surface area contributed by atoms with Crippen LogP contribution in [0.4, 0.5) is 0 Å². The molecule has 3 unspecified atom stereocenters. The average molecular weight is 886 g/mol. The molecule has 0 aromatic rings. The van der Waals surface area contributed by atoms with Crippen molar-refractivity contribution in [1.29, 1.82) is 0 Å². The molecule has 370 valence electrons. The van der Waals surface area contributed by atoms with E-state index in [1.165, 1.54) is 193 Å². The summed E-state index contributed by atoms with van der Waals surface area (Å²) in [6.07, 6.45) is 61.0. The number of hydrogen-bond donors (Lipinski definition) is 3. The Kier molecular flexibility index (Phi) is 49.5. The van der Waals surface area contributed by atoms with Crippen molar-refractivity contribution < 1.29 is 24.5 Å². The van der Waals surface area contributed by atoms with Crippen LogP contribution in [-0.4, -0.2) is 46.9 Å². The maximum atomic E-state index is 13.2. The molecule has 0 aromatic heterocycles. The number of carbonyl (C=O) groups is 2. The topological polar surface area (TPSA) is 95.9 Å². The summed E-state index contributed by atoms with van der Waals surface area (Å²) in [5.74, 6) is -0.602. The minimum absolute atomic E-state index is 0.0292. The second-order valence-corrected chi connectivity index (χ2v) is 19.0. The van der Waals surface area contributed by atoms with Gasteiger partial charge in [-0.25, -0.2) is 0 Å². The van der Waals surface area contributed by atoms with Crippen LogP contribution in [0.25, 0.3) is 0 Å². The summed E-state index contributed by atoms with van der Waals surface area (Å²) >= 11 is 0. The molecule has 63 heavy (non-hydrogen) atoms. The van der Waals surface area contributed by atoms with Gasteiger partial charge in [-0.3, -0.25) is 9.59 Å². The number of allylic oxidation sites excluding steroid dienone is 5. The molecule has 0 heterocycles. The van der Waals surface area contributed by atoms with Crippen LogP contribution in [0.2, 0.25) is 0 Å². The van der Waals surface area contributed by atoms with Crippen molar-refractivity contribution in [2.24, 2.45) is 0 Å². The number of aliphatic hydroxyl groups excluding tert-OH is 2. The molecular weight excluding hydrogens is 779 g/mol. The number of carbonyl (C=O) groups excluding carboxylic acids is 2. The van der Waals surface area contributed by atoms with Gasteiger partial charge in [0, 0.05) is 6.42 Å². The van der Waals surface area contributed by atoms with Gasteiger partial charge < -0.3 is 20.3 Å². The van der Waals surface area contributed by atoms with Gasteiger partial charge in [0.1, 0.15) is 6.10 Å². The molecule has 0 aliphatic carbocycles. The molecule has 0 fully saturated rings. The highest BCUT2D eigenvalue weighted by atomic mass is 16.5. The Hall–Kier alpha value is -1.92. The first-order valence-corrected chi connectivity index (χ1v) is 27.7. The minimum Gasteiger partial charge on any atom is -0.458 e. The van der Waals surface area contributed by atoms with E-state index in [0.717, 1.165) is 57.8 Å². The Bertz CT molecular complexity index is 1040. The Morgan fingerprint density at radius 2 is 0.841 bits per heavy atom. The molecule has 0 aromatic carbocycles. The number of unbranched alkanes of at least 4 members (excludes halogenated alkanes) is 34. The molecule has 3 N–H and O–H groups in total. The molecule has 0 rings (SSSR count). The lowest BCUT2D eigenvalue weighted by Gasteiger charge is -2.23. The summed E-state index contributed by atoms with van der Waals surface area (Å²) < 4.78 is 5.83. The zero-order valence-corrected chi connectivity index (χ0v) is 42.2. The zero-order valence-electron chi connectivity index (χ0n) is 42.2. The Morgan fingerprint density at radius 1 is 0.476 bits per heavy atom. The van der Waals surface area contributed by atoms with E-state index in [-0.39, 0.29) is 24.9 Å². The van der Waals surface area contributed by atoms with Crippen molar-refractivity contribution in [3.05, 3.63) is 36.5 Å². The summed E-state index contributed by atoms with van der Waals surface area (Å²) in [5, 5.41) is 23.8. The number of aliphatic hydroxyl groups is 2. The van der Waals surface area contributed by atoms with Gasteiger partial charge in [0.15, 0.2) is 0 Å². The third-order valence-electron chi connectivity index (χ3n) is 12.7. The maximum Gasteiger partial charge on any atom is 0.306 e. The van der Waals surface area contributed by atoms with E-state index in [1.807, 2.05) is 12.2 Å². The molecule has 0 aliphatic heterocycles. The number of rotatable bonds is 50. The van der Waals surface area contributed by atoms with Crippen molar-refractivity contribution in [1.82, 2.24) is 5.32 Å². The molecule has 0 saturated heterocycles. The molecule has 0 saturated carbocycles. The van der Waals surface area contributed by atoms with Gasteiger partial charge in [-0.2, -0.15) is 0 Å². The summed E-state index contributed by atoms with van der Waals surface area (Å²) in [6, 6.07) is -0.732. The van der Waals surface area contributed by atoms with Crippen LogP contribution >= 0.6 is 0 Å². The van der Waals surface area contributed by atoms with Crippen LogP contribution < -0.4 is 5.32 Å². The van der Waals surface area contributed by atoms with Crippen molar-refractivity contribution in [3.63, 3.8) is 0 Å². The van der Waals surface area contributed by atoms with Crippen LogP contribution in [0, 0.1) is 0 Å². The fourth-order valence-corrected chi connectivity index (χ4v) is 8.45. The molecule has 0 spiro atoms. The van der Waals surface area contributed by atoms with E-state index < -0.39 is 18.2 Å². The fraction of sp³-hybridized carbons (Fsp3) is 0.860. The second-order valence-electron chi connectivity index (χ2n) is 19.0. The van der Waals surface area contributed by atoms with Gasteiger partial charge in [0.05, 0.1) is 25.2 Å². The molecule has 6 nitrogen and oxygen atoms in total. The van der Waals surface area contributed by atoms with E-state index in [1.54, 1.807) is 0 Å². The van der Waals surface area contributed by atoms with Crippen molar-refractivity contribution in [3.8, 4) is 0 Å². The smallest absolute Gasteiger partial charge is 0.306 e. The summed E-state index contributed by atoms with van der Waals surface area (Å²) in [6.45, 7) is 6.46. The predicted octanol–water partition coefficient (Wildman–Crippen LogP) is 16.8. The lowest BCUT2D eigenvalue weighted by molar-refractivity contribution is -0.148. The lowest BCUT2D eigenvalue weighted by Crippen LogP contribution is -2.46. The number of hydrogen-bond acceptors (Lipinski definition) is 5.